The molecule has 2 aromatic rings. The molecule has 0 aromatic heterocycles. The van der Waals surface area contributed by atoms with Crippen LogP contribution in [0.25, 0.3) is 10.8 Å². The van der Waals surface area contributed by atoms with Gasteiger partial charge in [-0.05, 0) is 17.5 Å². The third kappa shape index (κ3) is 1.05. The van der Waals surface area contributed by atoms with Crippen molar-refractivity contribution < 1.29 is 10.2 Å². The normalized spacial score (nSPS) is 10.5. The van der Waals surface area contributed by atoms with Crippen molar-refractivity contribution in [1.29, 1.82) is 0 Å². The van der Waals surface area contributed by atoms with Crippen molar-refractivity contribution >= 4 is 16.5 Å². The van der Waals surface area contributed by atoms with Gasteiger partial charge in [0.2, 0.25) is 0 Å². The average molecular weight is 175 g/mol. The maximum absolute atomic E-state index is 9.51. The summed E-state index contributed by atoms with van der Waals surface area (Å²) in [6.07, 6.45) is 0. The molecule has 66 valence electrons. The van der Waals surface area contributed by atoms with Crippen LogP contribution < -0.4 is 5.73 Å². The van der Waals surface area contributed by atoms with E-state index >= 15 is 0 Å². The zero-order valence-corrected chi connectivity index (χ0v) is 6.86. The Balaban J connectivity index is 2.97. The molecule has 0 bridgehead atoms. The third-order valence-electron chi connectivity index (χ3n) is 2.03. The van der Waals surface area contributed by atoms with Crippen molar-refractivity contribution in [1.82, 2.24) is 0 Å². The summed E-state index contributed by atoms with van der Waals surface area (Å²) in [5.74, 6) is -0.305. The van der Waals surface area contributed by atoms with Gasteiger partial charge in [0.1, 0.15) is 0 Å². The van der Waals surface area contributed by atoms with Crippen LogP contribution in [0.4, 0.5) is 5.69 Å². The van der Waals surface area contributed by atoms with Gasteiger partial charge in [-0.3, -0.25) is 0 Å². The highest BCUT2D eigenvalue weighted by Gasteiger charge is 2.06. The predicted octanol–water partition coefficient (Wildman–Crippen LogP) is 1.83. The highest BCUT2D eigenvalue weighted by Crippen LogP contribution is 2.36. The Morgan fingerprint density at radius 3 is 2.54 bits per heavy atom. The van der Waals surface area contributed by atoms with E-state index in [-0.39, 0.29) is 11.5 Å². The number of nitrogens with two attached hydrogens (primary N) is 1. The SMILES string of the molecule is Nc1cccc2ccc(O)c(O)c12. The predicted molar refractivity (Wildman–Crippen MR) is 51.7 cm³/mol. The summed E-state index contributed by atoms with van der Waals surface area (Å²) in [6.45, 7) is 0. The molecular weight excluding hydrogens is 166 g/mol. The van der Waals surface area contributed by atoms with Gasteiger partial charge >= 0.3 is 0 Å². The highest BCUT2D eigenvalue weighted by molar-refractivity contribution is 5.99. The summed E-state index contributed by atoms with van der Waals surface area (Å²) in [5, 5.41) is 20.1. The van der Waals surface area contributed by atoms with Gasteiger partial charge in [0.15, 0.2) is 11.5 Å². The molecule has 3 heteroatoms. The Bertz CT molecular complexity index is 466. The van der Waals surface area contributed by atoms with Crippen molar-refractivity contribution in [2.24, 2.45) is 0 Å². The van der Waals surface area contributed by atoms with Crippen molar-refractivity contribution in [3.8, 4) is 11.5 Å². The molecule has 0 saturated carbocycles. The fourth-order valence-corrected chi connectivity index (χ4v) is 1.38. The number of hydrogen-bond acceptors (Lipinski definition) is 3. The molecule has 0 aliphatic carbocycles. The number of hydrogen-bond donors (Lipinski definition) is 3. The van der Waals surface area contributed by atoms with Gasteiger partial charge in [-0.1, -0.05) is 18.2 Å². The molecule has 0 saturated heterocycles. The second-order valence-corrected chi connectivity index (χ2v) is 2.88. The Morgan fingerprint density at radius 1 is 1.00 bits per heavy atom. The number of phenols is 2. The minimum atomic E-state index is -0.157. The summed E-state index contributed by atoms with van der Waals surface area (Å²) in [4.78, 5) is 0. The number of anilines is 1. The topological polar surface area (TPSA) is 66.5 Å². The molecule has 4 N–H and O–H groups in total. The number of aromatic hydroxyl groups is 2. The molecule has 3 nitrogen and oxygen atoms in total. The summed E-state index contributed by atoms with van der Waals surface area (Å²) in [7, 11) is 0. The zero-order chi connectivity index (χ0) is 9.42. The molecular formula is C10H9NO2. The summed E-state index contributed by atoms with van der Waals surface area (Å²) >= 11 is 0. The van der Waals surface area contributed by atoms with Crippen LogP contribution in [0.2, 0.25) is 0 Å². The lowest BCUT2D eigenvalue weighted by molar-refractivity contribution is 0.408. The molecule has 0 fully saturated rings. The number of benzene rings is 2. The Labute approximate surface area is 75.0 Å². The fraction of sp³-hybridized carbons (Fsp3) is 0. The second kappa shape index (κ2) is 2.55. The monoisotopic (exact) mass is 175 g/mol. The Kier molecular flexibility index (Phi) is 1.52. The van der Waals surface area contributed by atoms with E-state index in [1.54, 1.807) is 18.2 Å². The van der Waals surface area contributed by atoms with E-state index < -0.39 is 0 Å². The maximum atomic E-state index is 9.51. The standard InChI is InChI=1S/C10H9NO2/c11-7-3-1-2-6-4-5-8(12)10(13)9(6)7/h1-5,12-13H,11H2. The number of nitrogen functional groups attached to an aromatic ring is 1. The second-order valence-electron chi connectivity index (χ2n) is 2.88. The van der Waals surface area contributed by atoms with Crippen LogP contribution in [-0.2, 0) is 0 Å². The summed E-state index contributed by atoms with van der Waals surface area (Å²) in [6, 6.07) is 8.46. The van der Waals surface area contributed by atoms with Crippen LogP contribution in [0.3, 0.4) is 0 Å². The Morgan fingerprint density at radius 2 is 1.77 bits per heavy atom. The van der Waals surface area contributed by atoms with Gasteiger partial charge in [0.05, 0.1) is 5.39 Å². The van der Waals surface area contributed by atoms with E-state index in [4.69, 9.17) is 5.73 Å². The summed E-state index contributed by atoms with van der Waals surface area (Å²) in [5.41, 5.74) is 6.12. The van der Waals surface area contributed by atoms with Crippen molar-refractivity contribution in [2.45, 2.75) is 0 Å². The first-order valence-corrected chi connectivity index (χ1v) is 3.89. The van der Waals surface area contributed by atoms with E-state index in [2.05, 4.69) is 0 Å². The van der Waals surface area contributed by atoms with Crippen LogP contribution in [0.5, 0.6) is 11.5 Å². The molecule has 0 spiro atoms. The zero-order valence-electron chi connectivity index (χ0n) is 6.86. The highest BCUT2D eigenvalue weighted by atomic mass is 16.3. The smallest absolute Gasteiger partial charge is 0.167 e. The summed E-state index contributed by atoms with van der Waals surface area (Å²) < 4.78 is 0. The van der Waals surface area contributed by atoms with Gasteiger partial charge in [0, 0.05) is 5.69 Å². The molecule has 0 heterocycles. The van der Waals surface area contributed by atoms with Crippen LogP contribution in [0, 0.1) is 0 Å². The number of fused-ring (bicyclic) bond motifs is 1. The lowest BCUT2D eigenvalue weighted by Crippen LogP contribution is -1.86. The molecule has 13 heavy (non-hydrogen) atoms. The van der Waals surface area contributed by atoms with Gasteiger partial charge in [-0.15, -0.1) is 0 Å². The van der Waals surface area contributed by atoms with Crippen molar-refractivity contribution in [3.05, 3.63) is 30.3 Å². The largest absolute Gasteiger partial charge is 0.504 e. The molecule has 0 radical (unpaired) electrons. The van der Waals surface area contributed by atoms with Crippen LogP contribution in [0.15, 0.2) is 30.3 Å². The number of phenolic OH excluding ortho intramolecular Hbond substituents is 2. The lowest BCUT2D eigenvalue weighted by atomic mass is 10.1. The average Bonchev–Trinajstić information content (AvgIpc) is 2.12. The molecule has 0 atom stereocenters. The van der Waals surface area contributed by atoms with Crippen LogP contribution in [0.1, 0.15) is 0 Å². The molecule has 0 amide bonds. The van der Waals surface area contributed by atoms with Gasteiger partial charge in [-0.2, -0.15) is 0 Å². The van der Waals surface area contributed by atoms with Crippen molar-refractivity contribution in [3.63, 3.8) is 0 Å². The van der Waals surface area contributed by atoms with Gasteiger partial charge in [-0.25, -0.2) is 0 Å². The first kappa shape index (κ1) is 7.73. The number of rotatable bonds is 0. The minimum absolute atomic E-state index is 0.148. The van der Waals surface area contributed by atoms with E-state index in [0.717, 1.165) is 5.39 Å². The first-order chi connectivity index (χ1) is 6.20. The van der Waals surface area contributed by atoms with Crippen LogP contribution in [-0.4, -0.2) is 10.2 Å². The maximum Gasteiger partial charge on any atom is 0.167 e. The minimum Gasteiger partial charge on any atom is -0.504 e. The van der Waals surface area contributed by atoms with E-state index in [1.165, 1.54) is 6.07 Å². The quantitative estimate of drug-likeness (QED) is 0.422. The van der Waals surface area contributed by atoms with E-state index in [0.29, 0.717) is 11.1 Å². The molecule has 0 aliphatic rings. The first-order valence-electron chi connectivity index (χ1n) is 3.89. The van der Waals surface area contributed by atoms with Crippen molar-refractivity contribution in [2.75, 3.05) is 5.73 Å². The molecule has 0 aliphatic heterocycles. The lowest BCUT2D eigenvalue weighted by Gasteiger charge is -2.05. The molecule has 2 rings (SSSR count). The fourth-order valence-electron chi connectivity index (χ4n) is 1.38. The van der Waals surface area contributed by atoms with Gasteiger partial charge in [0.25, 0.3) is 0 Å². The third-order valence-corrected chi connectivity index (χ3v) is 2.03. The Hall–Kier alpha value is -1.90. The van der Waals surface area contributed by atoms with E-state index in [9.17, 15) is 10.2 Å². The molecule has 2 aromatic carbocycles. The molecule has 0 unspecified atom stereocenters. The van der Waals surface area contributed by atoms with Crippen LogP contribution >= 0.6 is 0 Å². The van der Waals surface area contributed by atoms with E-state index in [1.807, 2.05) is 6.07 Å². The van der Waals surface area contributed by atoms with Gasteiger partial charge < -0.3 is 15.9 Å².